The number of nitrogens with zero attached hydrogens (tertiary/aromatic N) is 4. The number of amidine groups is 2. The molecule has 0 aliphatic carbocycles. The van der Waals surface area contributed by atoms with Crippen LogP contribution in [-0.2, 0) is 31.9 Å². The van der Waals surface area contributed by atoms with Crippen molar-refractivity contribution in [2.45, 2.75) is 45.4 Å². The fraction of sp³-hybridized carbons (Fsp3) is 0.259. The summed E-state index contributed by atoms with van der Waals surface area (Å²) in [6.45, 7) is 10.7. The molecule has 0 saturated carbocycles. The Balaban J connectivity index is 0.00000245. The predicted octanol–water partition coefficient (Wildman–Crippen LogP) is 5.94. The molecule has 0 unspecified atom stereocenters. The molecule has 0 spiro atoms. The monoisotopic (exact) mass is 599 g/mol. The summed E-state index contributed by atoms with van der Waals surface area (Å²) in [5.74, 6) is 1.38. The molecular weight excluding hydrogens is 575 g/mol. The third-order valence-corrected chi connectivity index (χ3v) is 6.13. The molecule has 2 aromatic carbocycles. The van der Waals surface area contributed by atoms with Crippen LogP contribution in [0.5, 0.6) is 0 Å². The Morgan fingerprint density at radius 1 is 0.656 bits per heavy atom. The second-order valence-corrected chi connectivity index (χ2v) is 9.26. The molecule has 32 heavy (non-hydrogen) atoms. The van der Waals surface area contributed by atoms with Crippen LogP contribution in [0.25, 0.3) is 0 Å². The third-order valence-electron chi connectivity index (χ3n) is 6.13. The first-order valence-electron chi connectivity index (χ1n) is 10.5. The molecular formula is C27H24N4Pt. The fourth-order valence-electron chi connectivity index (χ4n) is 4.02. The van der Waals surface area contributed by atoms with E-state index in [2.05, 4.69) is 58.9 Å². The molecule has 3 heterocycles. The Bertz CT molecular complexity index is 1290. The minimum absolute atomic E-state index is 0. The summed E-state index contributed by atoms with van der Waals surface area (Å²) in [5.41, 5.74) is 6.00. The topological polar surface area (TPSA) is 49.4 Å². The van der Waals surface area contributed by atoms with E-state index < -0.39 is 0 Å². The number of hydrogen-bond acceptors (Lipinski definition) is 4. The van der Waals surface area contributed by atoms with Crippen LogP contribution in [-0.4, -0.2) is 23.1 Å². The molecule has 162 valence electrons. The van der Waals surface area contributed by atoms with Gasteiger partial charge in [-0.15, -0.1) is 23.3 Å². The standard InChI is InChI=1S/C27H24N4.Pt/c1-17-13-19-16-21(14-17)29-25-12-9-22(30-25)26(2,3)18-7-6-8-20(15-18)28-24-11-10-23(31-24)27(19,4)5;/h6-14H,1-5H3;/q-2;+2. The zero-order chi connectivity index (χ0) is 21.8. The van der Waals surface area contributed by atoms with Crippen molar-refractivity contribution >= 4 is 34.5 Å². The van der Waals surface area contributed by atoms with E-state index in [9.17, 15) is 0 Å². The summed E-state index contributed by atoms with van der Waals surface area (Å²) < 4.78 is 0. The normalized spacial score (nSPS) is 19.5. The van der Waals surface area contributed by atoms with Gasteiger partial charge in [-0.1, -0.05) is 34.6 Å². The Labute approximate surface area is 204 Å². The van der Waals surface area contributed by atoms with Gasteiger partial charge in [0.25, 0.3) is 0 Å². The van der Waals surface area contributed by atoms with Crippen molar-refractivity contribution in [3.05, 3.63) is 83.5 Å². The summed E-state index contributed by atoms with van der Waals surface area (Å²) >= 11 is 0. The SMILES string of the molecule is Cc1cc2[c-]c(c1)C(C)(C)C1=NC(=Nc3[c-]c(ccc3)C(C)(C)C3=NC(=N2)C=C3)C=C1.[Pt+2]. The number of benzene rings is 2. The number of aliphatic imine (C=N–C) groups is 4. The van der Waals surface area contributed by atoms with Gasteiger partial charge in [0.15, 0.2) is 11.7 Å². The molecule has 5 rings (SSSR count). The van der Waals surface area contributed by atoms with Crippen molar-refractivity contribution in [3.63, 3.8) is 0 Å². The maximum absolute atomic E-state index is 4.83. The molecule has 0 amide bonds. The van der Waals surface area contributed by atoms with E-state index in [0.29, 0.717) is 11.7 Å². The molecule has 3 aliphatic rings. The van der Waals surface area contributed by atoms with E-state index in [1.807, 2.05) is 42.5 Å². The molecule has 5 heteroatoms. The predicted molar refractivity (Wildman–Crippen MR) is 129 cm³/mol. The van der Waals surface area contributed by atoms with E-state index in [0.717, 1.165) is 39.5 Å². The van der Waals surface area contributed by atoms with Crippen molar-refractivity contribution in [2.24, 2.45) is 20.0 Å². The van der Waals surface area contributed by atoms with Gasteiger partial charge in [0.05, 0.1) is 11.4 Å². The second-order valence-electron chi connectivity index (χ2n) is 9.26. The van der Waals surface area contributed by atoms with Crippen molar-refractivity contribution in [2.75, 3.05) is 0 Å². The van der Waals surface area contributed by atoms with E-state index in [-0.39, 0.29) is 31.9 Å². The van der Waals surface area contributed by atoms with Gasteiger partial charge in [-0.05, 0) is 35.7 Å². The van der Waals surface area contributed by atoms with Crippen LogP contribution in [0.3, 0.4) is 0 Å². The van der Waals surface area contributed by atoms with E-state index in [1.54, 1.807) is 0 Å². The molecule has 0 aromatic heterocycles. The average molecular weight is 600 g/mol. The van der Waals surface area contributed by atoms with E-state index in [4.69, 9.17) is 20.0 Å². The summed E-state index contributed by atoms with van der Waals surface area (Å²) in [6, 6.07) is 17.2. The molecule has 0 saturated heterocycles. The van der Waals surface area contributed by atoms with Gasteiger partial charge in [-0.2, -0.15) is 35.9 Å². The average Bonchev–Trinajstić information content (AvgIpc) is 3.38. The molecule has 4 nitrogen and oxygen atoms in total. The fourth-order valence-corrected chi connectivity index (χ4v) is 4.02. The number of hydrogen-bond donors (Lipinski definition) is 0. The third kappa shape index (κ3) is 3.93. The van der Waals surface area contributed by atoms with Gasteiger partial charge in [-0.3, -0.25) is 9.98 Å². The van der Waals surface area contributed by atoms with E-state index >= 15 is 0 Å². The van der Waals surface area contributed by atoms with Gasteiger partial charge >= 0.3 is 21.1 Å². The first-order chi connectivity index (χ1) is 14.7. The Morgan fingerprint density at radius 3 is 1.88 bits per heavy atom. The Morgan fingerprint density at radius 2 is 1.22 bits per heavy atom. The molecule has 0 N–H and O–H groups in total. The zero-order valence-electron chi connectivity index (χ0n) is 18.8. The van der Waals surface area contributed by atoms with Crippen LogP contribution in [0.2, 0.25) is 0 Å². The smallest absolute Gasteiger partial charge is 0.256 e. The molecule has 3 aliphatic heterocycles. The van der Waals surface area contributed by atoms with Crippen molar-refractivity contribution in [1.82, 2.24) is 0 Å². The molecule has 0 radical (unpaired) electrons. The maximum atomic E-state index is 4.83. The quantitative estimate of drug-likeness (QED) is 0.337. The van der Waals surface area contributed by atoms with E-state index in [1.165, 1.54) is 0 Å². The molecule has 0 fully saturated rings. The van der Waals surface area contributed by atoms with Gasteiger partial charge in [-0.25, -0.2) is 9.98 Å². The second kappa shape index (κ2) is 8.01. The number of fused-ring (bicyclic) bond motifs is 6. The van der Waals surface area contributed by atoms with Crippen LogP contribution in [0.4, 0.5) is 11.4 Å². The summed E-state index contributed by atoms with van der Waals surface area (Å²) in [7, 11) is 0. The Hall–Kier alpha value is -2.71. The molecule has 2 aromatic rings. The summed E-state index contributed by atoms with van der Waals surface area (Å²) in [5, 5.41) is 0. The largest absolute Gasteiger partial charge is 2.00 e. The van der Waals surface area contributed by atoms with Crippen LogP contribution < -0.4 is 0 Å². The number of rotatable bonds is 0. The first kappa shape index (κ1) is 22.5. The van der Waals surface area contributed by atoms with Gasteiger partial charge < -0.3 is 0 Å². The van der Waals surface area contributed by atoms with Crippen molar-refractivity contribution < 1.29 is 21.1 Å². The van der Waals surface area contributed by atoms with Crippen LogP contribution in [0, 0.1) is 19.1 Å². The zero-order valence-corrected chi connectivity index (χ0v) is 21.1. The van der Waals surface area contributed by atoms with Crippen LogP contribution in [0.1, 0.15) is 44.4 Å². The first-order valence-corrected chi connectivity index (χ1v) is 10.5. The number of aryl methyl sites for hydroxylation is 1. The molecule has 8 bridgehead atoms. The number of allylic oxidation sites excluding steroid dienone is 2. The van der Waals surface area contributed by atoms with Gasteiger partial charge in [0, 0.05) is 10.8 Å². The maximum Gasteiger partial charge on any atom is 2.00 e. The van der Waals surface area contributed by atoms with Crippen molar-refractivity contribution in [3.8, 4) is 0 Å². The van der Waals surface area contributed by atoms with Crippen molar-refractivity contribution in [1.29, 1.82) is 0 Å². The van der Waals surface area contributed by atoms with Crippen LogP contribution in [0.15, 0.2) is 74.6 Å². The summed E-state index contributed by atoms with van der Waals surface area (Å²) in [4.78, 5) is 19.2. The minimum Gasteiger partial charge on any atom is -0.256 e. The Kier molecular flexibility index (Phi) is 5.63. The molecule has 0 atom stereocenters. The minimum atomic E-state index is -0.334. The van der Waals surface area contributed by atoms with Gasteiger partial charge in [0.1, 0.15) is 0 Å². The van der Waals surface area contributed by atoms with Crippen LogP contribution >= 0.6 is 0 Å². The summed E-state index contributed by atoms with van der Waals surface area (Å²) in [6.07, 6.45) is 8.02. The van der Waals surface area contributed by atoms with Gasteiger partial charge in [0.2, 0.25) is 0 Å².